The van der Waals surface area contributed by atoms with Crippen molar-refractivity contribution >= 4 is 10.0 Å². The molecule has 0 bridgehead atoms. The molecule has 1 aromatic heterocycles. The van der Waals surface area contributed by atoms with Crippen molar-refractivity contribution < 1.29 is 8.42 Å². The maximum absolute atomic E-state index is 12.3. The van der Waals surface area contributed by atoms with E-state index in [9.17, 15) is 8.42 Å². The van der Waals surface area contributed by atoms with Gasteiger partial charge in [-0.2, -0.15) is 0 Å². The Morgan fingerprint density at radius 2 is 2.00 bits per heavy atom. The Morgan fingerprint density at radius 3 is 2.74 bits per heavy atom. The van der Waals surface area contributed by atoms with E-state index in [4.69, 9.17) is 0 Å². The van der Waals surface area contributed by atoms with Crippen LogP contribution in [0.2, 0.25) is 0 Å². The average Bonchev–Trinajstić information content (AvgIpc) is 2.85. The van der Waals surface area contributed by atoms with Crippen molar-refractivity contribution in [2.75, 3.05) is 14.1 Å². The number of sulfonamides is 1. The number of aryl methyl sites for hydroxylation is 1. The molecule has 23 heavy (non-hydrogen) atoms. The third-order valence-corrected chi connectivity index (χ3v) is 6.22. The smallest absolute Gasteiger partial charge is 0.242 e. The van der Waals surface area contributed by atoms with Gasteiger partial charge in [-0.1, -0.05) is 19.1 Å². The Bertz CT molecular complexity index is 811. The fraction of sp³-hybridized carbons (Fsp3) is 0.500. The molecule has 0 radical (unpaired) electrons. The average molecular weight is 334 g/mol. The molecule has 0 spiro atoms. The Balaban J connectivity index is 2.03. The molecule has 124 valence electrons. The second-order valence-electron chi connectivity index (χ2n) is 6.34. The van der Waals surface area contributed by atoms with Gasteiger partial charge >= 0.3 is 0 Å². The summed E-state index contributed by atoms with van der Waals surface area (Å²) < 4.78 is 28.0. The molecular weight excluding hydrogens is 312 g/mol. The second kappa shape index (κ2) is 6.05. The zero-order chi connectivity index (χ0) is 16.6. The maximum atomic E-state index is 12.3. The fourth-order valence-corrected chi connectivity index (χ4v) is 3.79. The number of benzene rings is 1. The van der Waals surface area contributed by atoms with Crippen LogP contribution in [0.1, 0.15) is 25.6 Å². The summed E-state index contributed by atoms with van der Waals surface area (Å²) in [6.07, 6.45) is 3.13. The monoisotopic (exact) mass is 334 g/mol. The summed E-state index contributed by atoms with van der Waals surface area (Å²) in [4.78, 5) is 0.277. The number of nitrogens with zero attached hydrogens (tertiary/aromatic N) is 4. The Morgan fingerprint density at radius 1 is 1.22 bits per heavy atom. The van der Waals surface area contributed by atoms with Crippen molar-refractivity contribution in [1.82, 2.24) is 19.1 Å². The second-order valence-corrected chi connectivity index (χ2v) is 8.49. The summed E-state index contributed by atoms with van der Waals surface area (Å²) in [6, 6.07) is 6.94. The summed E-state index contributed by atoms with van der Waals surface area (Å²) in [6.45, 7) is 3.13. The van der Waals surface area contributed by atoms with E-state index >= 15 is 0 Å². The summed E-state index contributed by atoms with van der Waals surface area (Å²) >= 11 is 0. The third-order valence-electron chi connectivity index (χ3n) is 4.40. The first-order chi connectivity index (χ1) is 10.9. The van der Waals surface area contributed by atoms with Gasteiger partial charge in [0.1, 0.15) is 5.82 Å². The van der Waals surface area contributed by atoms with Crippen LogP contribution in [-0.2, 0) is 23.0 Å². The molecular formula is C16H22N4O2S. The van der Waals surface area contributed by atoms with Crippen molar-refractivity contribution in [3.63, 3.8) is 0 Å². The van der Waals surface area contributed by atoms with Crippen LogP contribution < -0.4 is 0 Å². The molecule has 0 aliphatic carbocycles. The number of fused-ring (bicyclic) bond motifs is 1. The lowest BCUT2D eigenvalue weighted by Gasteiger charge is -2.13. The minimum Gasteiger partial charge on any atom is -0.311 e. The van der Waals surface area contributed by atoms with E-state index in [2.05, 4.69) is 21.7 Å². The topological polar surface area (TPSA) is 68.1 Å². The van der Waals surface area contributed by atoms with Gasteiger partial charge in [-0.25, -0.2) is 12.7 Å². The molecule has 0 amide bonds. The molecule has 7 heteroatoms. The van der Waals surface area contributed by atoms with Gasteiger partial charge in [0.25, 0.3) is 0 Å². The molecule has 1 unspecified atom stereocenters. The first-order valence-electron chi connectivity index (χ1n) is 7.84. The zero-order valence-corrected chi connectivity index (χ0v) is 14.5. The summed E-state index contributed by atoms with van der Waals surface area (Å²) in [5.74, 6) is 2.42. The van der Waals surface area contributed by atoms with Gasteiger partial charge in [0.2, 0.25) is 10.0 Å². The maximum Gasteiger partial charge on any atom is 0.242 e. The molecule has 0 N–H and O–H groups in total. The van der Waals surface area contributed by atoms with E-state index in [0.717, 1.165) is 43.0 Å². The van der Waals surface area contributed by atoms with Crippen LogP contribution in [0.4, 0.5) is 0 Å². The van der Waals surface area contributed by atoms with Crippen molar-refractivity contribution in [3.05, 3.63) is 30.1 Å². The minimum atomic E-state index is -3.45. The normalized spacial score (nSPS) is 18.7. The number of aromatic nitrogens is 3. The van der Waals surface area contributed by atoms with Crippen molar-refractivity contribution in [3.8, 4) is 11.4 Å². The molecule has 0 fully saturated rings. The SMILES string of the molecule is CC1CCc2nnc(-c3cccc(S(=O)(=O)N(C)C)c3)n2CC1. The van der Waals surface area contributed by atoms with E-state index in [0.29, 0.717) is 5.92 Å². The van der Waals surface area contributed by atoms with Gasteiger partial charge in [0, 0.05) is 32.6 Å². The van der Waals surface area contributed by atoms with Crippen LogP contribution in [0.5, 0.6) is 0 Å². The van der Waals surface area contributed by atoms with Crippen LogP contribution in [0.3, 0.4) is 0 Å². The van der Waals surface area contributed by atoms with Crippen molar-refractivity contribution in [2.24, 2.45) is 5.92 Å². The van der Waals surface area contributed by atoms with E-state index in [1.54, 1.807) is 18.2 Å². The molecule has 2 aromatic rings. The quantitative estimate of drug-likeness (QED) is 0.863. The fourth-order valence-electron chi connectivity index (χ4n) is 2.84. The van der Waals surface area contributed by atoms with Gasteiger partial charge in [-0.15, -0.1) is 10.2 Å². The Labute approximate surface area is 137 Å². The third kappa shape index (κ3) is 3.03. The van der Waals surface area contributed by atoms with Gasteiger partial charge < -0.3 is 4.57 Å². The molecule has 1 aliphatic rings. The van der Waals surface area contributed by atoms with E-state index in [1.165, 1.54) is 18.4 Å². The van der Waals surface area contributed by atoms with Crippen LogP contribution in [0, 0.1) is 5.92 Å². The Kier molecular flexibility index (Phi) is 4.25. The molecule has 2 heterocycles. The lowest BCUT2D eigenvalue weighted by atomic mass is 10.0. The van der Waals surface area contributed by atoms with E-state index < -0.39 is 10.0 Å². The first kappa shape index (κ1) is 16.1. The van der Waals surface area contributed by atoms with Gasteiger partial charge in [-0.05, 0) is 30.9 Å². The molecule has 6 nitrogen and oxygen atoms in total. The molecule has 0 saturated heterocycles. The van der Waals surface area contributed by atoms with Crippen LogP contribution >= 0.6 is 0 Å². The van der Waals surface area contributed by atoms with Crippen molar-refractivity contribution in [1.29, 1.82) is 0 Å². The molecule has 3 rings (SSSR count). The standard InChI is InChI=1S/C16H22N4O2S/c1-12-7-8-15-17-18-16(20(15)10-9-12)13-5-4-6-14(11-13)23(21,22)19(2)3/h4-6,11-12H,7-10H2,1-3H3. The van der Waals surface area contributed by atoms with E-state index in [1.807, 2.05) is 6.07 Å². The lowest BCUT2D eigenvalue weighted by Crippen LogP contribution is -2.22. The molecule has 1 aromatic carbocycles. The van der Waals surface area contributed by atoms with Gasteiger partial charge in [-0.3, -0.25) is 0 Å². The first-order valence-corrected chi connectivity index (χ1v) is 9.28. The highest BCUT2D eigenvalue weighted by Gasteiger charge is 2.21. The highest BCUT2D eigenvalue weighted by molar-refractivity contribution is 7.89. The zero-order valence-electron chi connectivity index (χ0n) is 13.7. The predicted molar refractivity (Wildman–Crippen MR) is 88.4 cm³/mol. The predicted octanol–water partition coefficient (Wildman–Crippen LogP) is 2.17. The molecule has 0 saturated carbocycles. The number of hydrogen-bond donors (Lipinski definition) is 0. The Hall–Kier alpha value is -1.73. The van der Waals surface area contributed by atoms with Crippen molar-refractivity contribution in [2.45, 2.75) is 37.6 Å². The van der Waals surface area contributed by atoms with E-state index in [-0.39, 0.29) is 4.90 Å². The summed E-state index contributed by atoms with van der Waals surface area (Å²) in [5, 5.41) is 8.61. The lowest BCUT2D eigenvalue weighted by molar-refractivity contribution is 0.486. The minimum absolute atomic E-state index is 0.277. The van der Waals surface area contributed by atoms with Crippen LogP contribution in [0.15, 0.2) is 29.2 Å². The number of hydrogen-bond acceptors (Lipinski definition) is 4. The number of rotatable bonds is 3. The summed E-state index contributed by atoms with van der Waals surface area (Å²) in [7, 11) is -0.383. The molecule has 1 atom stereocenters. The highest BCUT2D eigenvalue weighted by Crippen LogP contribution is 2.26. The summed E-state index contributed by atoms with van der Waals surface area (Å²) in [5.41, 5.74) is 0.793. The largest absolute Gasteiger partial charge is 0.311 e. The van der Waals surface area contributed by atoms with Crippen LogP contribution in [0.25, 0.3) is 11.4 Å². The van der Waals surface area contributed by atoms with Crippen LogP contribution in [-0.4, -0.2) is 41.6 Å². The molecule has 1 aliphatic heterocycles. The van der Waals surface area contributed by atoms with Gasteiger partial charge in [0.15, 0.2) is 5.82 Å². The van der Waals surface area contributed by atoms with Gasteiger partial charge in [0.05, 0.1) is 4.90 Å². The highest BCUT2D eigenvalue weighted by atomic mass is 32.2.